The molecule has 0 aliphatic carbocycles. The highest BCUT2D eigenvalue weighted by Crippen LogP contribution is 2.38. The number of hydrogen-bond acceptors (Lipinski definition) is 12. The summed E-state index contributed by atoms with van der Waals surface area (Å²) in [5.74, 6) is -0.740. The monoisotopic (exact) mass is 418 g/mol. The van der Waals surface area contributed by atoms with Crippen LogP contribution in [0.25, 0.3) is 0 Å². The lowest BCUT2D eigenvalue weighted by Gasteiger charge is -2.51. The summed E-state index contributed by atoms with van der Waals surface area (Å²) in [7, 11) is 0. The molecule has 2 heterocycles. The Morgan fingerprint density at radius 2 is 1.56 bits per heavy atom. The van der Waals surface area contributed by atoms with Gasteiger partial charge in [-0.2, -0.15) is 0 Å². The third-order valence-electron chi connectivity index (χ3n) is 4.55. The first kappa shape index (κ1) is 22.6. The molecule has 2 fully saturated rings. The first-order chi connectivity index (χ1) is 12.5. The van der Waals surface area contributed by atoms with E-state index in [0.29, 0.717) is 0 Å². The molecule has 0 saturated carbocycles. The topological polar surface area (TPSA) is 239 Å². The van der Waals surface area contributed by atoms with Crippen LogP contribution in [0.2, 0.25) is 0 Å². The second kappa shape index (κ2) is 8.36. The average Bonchev–Trinajstić information content (AvgIpc) is 2.63. The van der Waals surface area contributed by atoms with Gasteiger partial charge in [-0.1, -0.05) is 0 Å². The second-order valence-electron chi connectivity index (χ2n) is 6.34. The predicted octanol–water partition coefficient (Wildman–Crippen LogP) is -5.53. The first-order valence-corrected chi connectivity index (χ1v) is 8.25. The number of halogens is 1. The van der Waals surface area contributed by atoms with E-state index < -0.39 is 78.9 Å². The van der Waals surface area contributed by atoms with Gasteiger partial charge in [0.2, 0.25) is 0 Å². The summed E-state index contributed by atoms with van der Waals surface area (Å²) < 4.78 is 15.2. The molecule has 0 aromatic carbocycles. The number of alkyl halides is 1. The van der Waals surface area contributed by atoms with Crippen molar-refractivity contribution in [3.63, 3.8) is 0 Å². The minimum Gasteiger partial charge on any atom is -0.393 e. The number of hydrogen-bond donors (Lipinski definition) is 10. The quantitative estimate of drug-likeness (QED) is 0.114. The molecular formula is C13H23ClN2O11. The van der Waals surface area contributed by atoms with E-state index >= 15 is 0 Å². The van der Waals surface area contributed by atoms with Crippen LogP contribution in [0.1, 0.15) is 0 Å². The van der Waals surface area contributed by atoms with Crippen LogP contribution in [0.3, 0.4) is 0 Å². The SMILES string of the molecule is N=C(N)C(Cl)[C@]1(CO)O[C@@H](O)[C@H](O)[C@H](O)[C@@H]1O[C@@H]1O[C@H](O)[C@@H](O)[C@H](O)[C@H]1O. The Morgan fingerprint density at radius 3 is 2.07 bits per heavy atom. The molecule has 158 valence electrons. The summed E-state index contributed by atoms with van der Waals surface area (Å²) >= 11 is 6.00. The van der Waals surface area contributed by atoms with Gasteiger partial charge >= 0.3 is 0 Å². The van der Waals surface area contributed by atoms with Crippen molar-refractivity contribution in [3.8, 4) is 0 Å². The van der Waals surface area contributed by atoms with Crippen molar-refractivity contribution in [3.05, 3.63) is 0 Å². The molecule has 27 heavy (non-hydrogen) atoms. The summed E-state index contributed by atoms with van der Waals surface area (Å²) in [6.07, 6.45) is -17.4. The van der Waals surface area contributed by atoms with Crippen LogP contribution < -0.4 is 5.73 Å². The van der Waals surface area contributed by atoms with Crippen LogP contribution in [0.5, 0.6) is 0 Å². The van der Waals surface area contributed by atoms with Crippen LogP contribution in [0.4, 0.5) is 0 Å². The maximum Gasteiger partial charge on any atom is 0.189 e. The van der Waals surface area contributed by atoms with E-state index in [1.54, 1.807) is 0 Å². The molecule has 0 bridgehead atoms. The fourth-order valence-electron chi connectivity index (χ4n) is 2.96. The molecule has 13 nitrogen and oxygen atoms in total. The first-order valence-electron chi connectivity index (χ1n) is 7.82. The van der Waals surface area contributed by atoms with Gasteiger partial charge in [-0.3, -0.25) is 5.41 Å². The fourth-order valence-corrected chi connectivity index (χ4v) is 3.20. The predicted molar refractivity (Wildman–Crippen MR) is 84.3 cm³/mol. The van der Waals surface area contributed by atoms with E-state index in [9.17, 15) is 40.9 Å². The molecule has 2 rings (SSSR count). The maximum atomic E-state index is 10.3. The Kier molecular flexibility index (Phi) is 7.00. The molecule has 2 saturated heterocycles. The molecular weight excluding hydrogens is 396 g/mol. The van der Waals surface area contributed by atoms with Gasteiger partial charge in [0.05, 0.1) is 6.61 Å². The van der Waals surface area contributed by atoms with Gasteiger partial charge in [0.25, 0.3) is 0 Å². The van der Waals surface area contributed by atoms with Crippen molar-refractivity contribution >= 4 is 17.4 Å². The van der Waals surface area contributed by atoms with E-state index in [1.165, 1.54) is 0 Å². The van der Waals surface area contributed by atoms with Crippen molar-refractivity contribution in [2.24, 2.45) is 5.73 Å². The Bertz CT molecular complexity index is 544. The summed E-state index contributed by atoms with van der Waals surface area (Å²) in [4.78, 5) is 0. The number of aliphatic hydroxyl groups is 8. The van der Waals surface area contributed by atoms with Crippen LogP contribution in [-0.2, 0) is 14.2 Å². The molecule has 2 aliphatic heterocycles. The van der Waals surface area contributed by atoms with Crippen molar-refractivity contribution < 1.29 is 55.1 Å². The summed E-state index contributed by atoms with van der Waals surface area (Å²) in [5, 5.41) is 84.3. The summed E-state index contributed by atoms with van der Waals surface area (Å²) in [5.41, 5.74) is 3.05. The van der Waals surface area contributed by atoms with Gasteiger partial charge in [0.1, 0.15) is 53.4 Å². The molecule has 14 heteroatoms. The highest BCUT2D eigenvalue weighted by atomic mass is 35.5. The molecule has 1 unspecified atom stereocenters. The third-order valence-corrected chi connectivity index (χ3v) is 5.15. The van der Waals surface area contributed by atoms with Crippen molar-refractivity contribution in [1.82, 2.24) is 0 Å². The van der Waals surface area contributed by atoms with Gasteiger partial charge in [-0.15, -0.1) is 11.6 Å². The van der Waals surface area contributed by atoms with Gasteiger partial charge in [0.15, 0.2) is 18.9 Å². The number of ether oxygens (including phenoxy) is 3. The zero-order chi connectivity index (χ0) is 20.7. The average molecular weight is 419 g/mol. The number of nitrogens with one attached hydrogen (secondary N) is 1. The minimum absolute atomic E-state index is 0.740. The van der Waals surface area contributed by atoms with E-state index in [-0.39, 0.29) is 0 Å². The molecule has 2 aliphatic rings. The lowest BCUT2D eigenvalue weighted by Crippen LogP contribution is -2.73. The van der Waals surface area contributed by atoms with Gasteiger partial charge in [-0.05, 0) is 0 Å². The van der Waals surface area contributed by atoms with Crippen LogP contribution in [0.15, 0.2) is 0 Å². The van der Waals surface area contributed by atoms with Crippen LogP contribution in [-0.4, -0.2) is 120 Å². The van der Waals surface area contributed by atoms with Gasteiger partial charge < -0.3 is 60.8 Å². The van der Waals surface area contributed by atoms with Crippen molar-refractivity contribution in [1.29, 1.82) is 5.41 Å². The number of rotatable bonds is 5. The Hall–Kier alpha value is -0.680. The zero-order valence-electron chi connectivity index (χ0n) is 13.7. The van der Waals surface area contributed by atoms with Crippen LogP contribution in [0, 0.1) is 5.41 Å². The van der Waals surface area contributed by atoms with Crippen LogP contribution >= 0.6 is 11.6 Å². The Labute approximate surface area is 157 Å². The fraction of sp³-hybridized carbons (Fsp3) is 0.923. The van der Waals surface area contributed by atoms with E-state index in [0.717, 1.165) is 0 Å². The maximum absolute atomic E-state index is 10.3. The highest BCUT2D eigenvalue weighted by Gasteiger charge is 2.60. The second-order valence-corrected chi connectivity index (χ2v) is 6.78. The third kappa shape index (κ3) is 3.91. The van der Waals surface area contributed by atoms with E-state index in [1.807, 2.05) is 0 Å². The molecule has 0 spiro atoms. The summed E-state index contributed by atoms with van der Waals surface area (Å²) in [6.45, 7) is -1.07. The standard InChI is InChI=1S/C13H23ClN2O11/c14-7(9(15)16)13(1-17)8(3(19)5(21)11(24)27-13)25-12-6(22)2(18)4(20)10(23)26-12/h2-8,10-12,17-24H,1H2,(H3,15,16)/t2-,3-,4-,5+,6+,7?,8-,10-,11+,12+,13-/m0/s1. The normalized spacial score (nSPS) is 49.6. The number of aliphatic hydroxyl groups excluding tert-OH is 8. The minimum atomic E-state index is -2.28. The number of nitrogens with two attached hydrogens (primary N) is 1. The van der Waals surface area contributed by atoms with Gasteiger partial charge in [-0.25, -0.2) is 0 Å². The molecule has 0 amide bonds. The molecule has 0 aromatic rings. The Morgan fingerprint density at radius 1 is 1.00 bits per heavy atom. The Balaban J connectivity index is 2.37. The lowest BCUT2D eigenvalue weighted by atomic mass is 9.83. The highest BCUT2D eigenvalue weighted by molar-refractivity contribution is 6.32. The van der Waals surface area contributed by atoms with Gasteiger partial charge in [0, 0.05) is 0 Å². The number of amidine groups is 1. The zero-order valence-corrected chi connectivity index (χ0v) is 14.5. The molecule has 11 N–H and O–H groups in total. The van der Waals surface area contributed by atoms with E-state index in [4.69, 9.17) is 37.0 Å². The lowest BCUT2D eigenvalue weighted by molar-refractivity contribution is -0.390. The molecule has 11 atom stereocenters. The summed E-state index contributed by atoms with van der Waals surface area (Å²) in [6, 6.07) is 0. The van der Waals surface area contributed by atoms with Crippen molar-refractivity contribution in [2.45, 2.75) is 66.5 Å². The largest absolute Gasteiger partial charge is 0.393 e. The molecule has 0 radical (unpaired) electrons. The van der Waals surface area contributed by atoms with E-state index in [2.05, 4.69) is 0 Å². The molecule has 0 aromatic heterocycles. The smallest absolute Gasteiger partial charge is 0.189 e. The van der Waals surface area contributed by atoms with Crippen molar-refractivity contribution in [2.75, 3.05) is 6.61 Å².